The van der Waals surface area contributed by atoms with Crippen molar-refractivity contribution in [2.24, 2.45) is 17.8 Å². The van der Waals surface area contributed by atoms with Gasteiger partial charge in [0.2, 0.25) is 0 Å². The Bertz CT molecular complexity index is 752. The molecule has 1 spiro atoms. The predicted octanol–water partition coefficient (Wildman–Crippen LogP) is 1.86. The maximum atomic E-state index is 12.3. The largest absolute Gasteiger partial charge is 0.462 e. The second-order valence-corrected chi connectivity index (χ2v) is 9.44. The maximum Gasteiger partial charge on any atom is 0.309 e. The lowest BCUT2D eigenvalue weighted by Gasteiger charge is -2.40. The average molecular weight is 440 g/mol. The van der Waals surface area contributed by atoms with Gasteiger partial charge in [0, 0.05) is 31.8 Å². The number of hydrogen-bond donors (Lipinski definition) is 1. The first-order valence-corrected chi connectivity index (χ1v) is 10.7. The minimum Gasteiger partial charge on any atom is -0.462 e. The molecule has 1 saturated carbocycles. The zero-order valence-corrected chi connectivity index (χ0v) is 18.7. The molecule has 0 radical (unpaired) electrons. The number of ether oxygens (including phenoxy) is 5. The van der Waals surface area contributed by atoms with Crippen LogP contribution in [0.15, 0.2) is 11.8 Å². The van der Waals surface area contributed by atoms with Crippen LogP contribution in [-0.4, -0.2) is 59.8 Å². The number of carbonyl (C=O) groups excluding carboxylic acids is 3. The van der Waals surface area contributed by atoms with Crippen molar-refractivity contribution in [3.05, 3.63) is 11.8 Å². The number of carbonyl (C=O) groups is 3. The molecule has 1 N–H and O–H groups in total. The van der Waals surface area contributed by atoms with Gasteiger partial charge in [-0.15, -0.1) is 0 Å². The molecule has 31 heavy (non-hydrogen) atoms. The van der Waals surface area contributed by atoms with Crippen LogP contribution in [0.4, 0.5) is 0 Å². The fraction of sp³-hybridized carbons (Fsp3) is 0.773. The van der Waals surface area contributed by atoms with Gasteiger partial charge in [0.15, 0.2) is 0 Å². The van der Waals surface area contributed by atoms with E-state index in [9.17, 15) is 19.5 Å². The quantitative estimate of drug-likeness (QED) is 0.342. The second-order valence-electron chi connectivity index (χ2n) is 9.44. The molecular weight excluding hydrogens is 408 g/mol. The van der Waals surface area contributed by atoms with Crippen molar-refractivity contribution in [1.82, 2.24) is 0 Å². The standard InChI is InChI=1S/C22H32O9/c1-12(2)6-17(24)27-9-15-10-28-20(31-18(25)7-13(3)4)19-21(15,26)8-16(30-14(5)23)22(19)11-29-22/h10,12-13,16,19-20,26H,6-9,11H2,1-5H3/t16-,19-,20-,21-,22+/m0/s1. The summed E-state index contributed by atoms with van der Waals surface area (Å²) in [6.07, 6.45) is -0.132. The molecule has 3 rings (SSSR count). The molecule has 5 atom stereocenters. The smallest absolute Gasteiger partial charge is 0.309 e. The van der Waals surface area contributed by atoms with Gasteiger partial charge in [-0.05, 0) is 11.8 Å². The lowest BCUT2D eigenvalue weighted by Crippen LogP contribution is -2.53. The number of aliphatic hydroxyl groups is 1. The van der Waals surface area contributed by atoms with Crippen molar-refractivity contribution in [2.75, 3.05) is 13.2 Å². The Kier molecular flexibility index (Phi) is 6.67. The molecule has 0 aromatic heterocycles. The summed E-state index contributed by atoms with van der Waals surface area (Å²) in [5.41, 5.74) is -2.30. The monoisotopic (exact) mass is 440 g/mol. The number of esters is 3. The topological polar surface area (TPSA) is 121 Å². The van der Waals surface area contributed by atoms with Crippen LogP contribution in [-0.2, 0) is 38.1 Å². The van der Waals surface area contributed by atoms with E-state index in [1.165, 1.54) is 13.2 Å². The van der Waals surface area contributed by atoms with Gasteiger partial charge in [-0.1, -0.05) is 27.7 Å². The fourth-order valence-electron chi connectivity index (χ4n) is 4.41. The van der Waals surface area contributed by atoms with E-state index in [-0.39, 0.29) is 44.3 Å². The highest BCUT2D eigenvalue weighted by Gasteiger charge is 2.76. The van der Waals surface area contributed by atoms with Crippen molar-refractivity contribution < 1.29 is 43.2 Å². The summed E-state index contributed by atoms with van der Waals surface area (Å²) in [7, 11) is 0. The molecule has 2 heterocycles. The van der Waals surface area contributed by atoms with Gasteiger partial charge >= 0.3 is 17.9 Å². The Balaban J connectivity index is 1.84. The molecule has 174 valence electrons. The van der Waals surface area contributed by atoms with Crippen molar-refractivity contribution in [1.29, 1.82) is 0 Å². The highest BCUT2D eigenvalue weighted by Crippen LogP contribution is 2.59. The van der Waals surface area contributed by atoms with Crippen LogP contribution in [0.2, 0.25) is 0 Å². The van der Waals surface area contributed by atoms with Gasteiger partial charge in [0.05, 0.1) is 12.9 Å². The van der Waals surface area contributed by atoms with E-state index in [2.05, 4.69) is 0 Å². The predicted molar refractivity (Wildman–Crippen MR) is 106 cm³/mol. The van der Waals surface area contributed by atoms with E-state index in [0.717, 1.165) is 0 Å². The Morgan fingerprint density at radius 3 is 2.29 bits per heavy atom. The third-order valence-corrected chi connectivity index (χ3v) is 5.83. The van der Waals surface area contributed by atoms with Gasteiger partial charge in [-0.25, -0.2) is 0 Å². The zero-order chi connectivity index (χ0) is 23.0. The number of rotatable bonds is 8. The Morgan fingerprint density at radius 2 is 1.74 bits per heavy atom. The minimum atomic E-state index is -1.59. The first-order valence-electron chi connectivity index (χ1n) is 10.7. The van der Waals surface area contributed by atoms with Crippen LogP contribution in [0.5, 0.6) is 0 Å². The van der Waals surface area contributed by atoms with Gasteiger partial charge in [-0.3, -0.25) is 14.4 Å². The zero-order valence-electron chi connectivity index (χ0n) is 18.7. The third-order valence-electron chi connectivity index (χ3n) is 5.83. The van der Waals surface area contributed by atoms with E-state index in [1.54, 1.807) is 0 Å². The molecule has 9 nitrogen and oxygen atoms in total. The summed E-state index contributed by atoms with van der Waals surface area (Å²) in [6, 6.07) is 0. The number of fused-ring (bicyclic) bond motifs is 2. The molecule has 0 unspecified atom stereocenters. The Morgan fingerprint density at radius 1 is 1.13 bits per heavy atom. The highest BCUT2D eigenvalue weighted by atomic mass is 16.7. The van der Waals surface area contributed by atoms with Crippen LogP contribution in [0.25, 0.3) is 0 Å². The summed E-state index contributed by atoms with van der Waals surface area (Å²) < 4.78 is 27.7. The minimum absolute atomic E-state index is 0.0202. The van der Waals surface area contributed by atoms with E-state index in [1.807, 2.05) is 27.7 Å². The fourth-order valence-corrected chi connectivity index (χ4v) is 4.41. The molecule has 0 amide bonds. The van der Waals surface area contributed by atoms with Gasteiger partial charge in [0.25, 0.3) is 6.29 Å². The molecular formula is C22H32O9. The molecule has 0 aromatic carbocycles. The highest BCUT2D eigenvalue weighted by molar-refractivity contribution is 5.70. The van der Waals surface area contributed by atoms with Crippen LogP contribution >= 0.6 is 0 Å². The van der Waals surface area contributed by atoms with Crippen LogP contribution < -0.4 is 0 Å². The lowest BCUT2D eigenvalue weighted by atomic mass is 9.79. The Hall–Kier alpha value is -2.13. The van der Waals surface area contributed by atoms with E-state index in [0.29, 0.717) is 5.57 Å². The number of epoxide rings is 1. The van der Waals surface area contributed by atoms with Gasteiger partial charge < -0.3 is 28.8 Å². The average Bonchev–Trinajstić information content (AvgIpc) is 3.35. The summed E-state index contributed by atoms with van der Waals surface area (Å²) in [5, 5.41) is 11.7. The molecule has 3 aliphatic rings. The van der Waals surface area contributed by atoms with Crippen molar-refractivity contribution in [3.8, 4) is 0 Å². The normalized spacial score (nSPS) is 33.5. The second kappa shape index (κ2) is 8.78. The molecule has 2 aliphatic heterocycles. The van der Waals surface area contributed by atoms with Gasteiger partial charge in [0.1, 0.15) is 29.8 Å². The van der Waals surface area contributed by atoms with E-state index < -0.39 is 47.4 Å². The third kappa shape index (κ3) is 4.87. The molecule has 1 saturated heterocycles. The summed E-state index contributed by atoms with van der Waals surface area (Å²) in [4.78, 5) is 36.0. The Labute approximate surface area is 182 Å². The molecule has 0 aromatic rings. The van der Waals surface area contributed by atoms with Crippen LogP contribution in [0.3, 0.4) is 0 Å². The summed E-state index contributed by atoms with van der Waals surface area (Å²) in [5.74, 6) is -1.98. The lowest BCUT2D eigenvalue weighted by molar-refractivity contribution is -0.208. The molecule has 0 bridgehead atoms. The van der Waals surface area contributed by atoms with Crippen LogP contribution in [0.1, 0.15) is 53.9 Å². The van der Waals surface area contributed by atoms with Crippen molar-refractivity contribution >= 4 is 17.9 Å². The van der Waals surface area contributed by atoms with E-state index >= 15 is 0 Å². The van der Waals surface area contributed by atoms with Crippen molar-refractivity contribution in [2.45, 2.75) is 77.5 Å². The molecule has 1 aliphatic carbocycles. The molecule has 2 fully saturated rings. The number of hydrogen-bond acceptors (Lipinski definition) is 9. The van der Waals surface area contributed by atoms with E-state index in [4.69, 9.17) is 23.7 Å². The summed E-state index contributed by atoms with van der Waals surface area (Å²) in [6.45, 7) is 8.90. The maximum absolute atomic E-state index is 12.3. The van der Waals surface area contributed by atoms with Crippen molar-refractivity contribution in [3.63, 3.8) is 0 Å². The van der Waals surface area contributed by atoms with Gasteiger partial charge in [-0.2, -0.15) is 0 Å². The summed E-state index contributed by atoms with van der Waals surface area (Å²) >= 11 is 0. The molecule has 9 heteroatoms. The first kappa shape index (κ1) is 23.5. The van der Waals surface area contributed by atoms with Crippen LogP contribution in [0, 0.1) is 17.8 Å². The SMILES string of the molecule is CC(=O)O[C@H]1C[C@]2(O)C(COC(=O)CC(C)C)=CO[C@@H](OC(=O)CC(C)C)[C@@H]2[C@@]12CO2. The first-order chi connectivity index (χ1) is 14.5.